The lowest BCUT2D eigenvalue weighted by Crippen LogP contribution is -2.55. The number of thiazole rings is 1. The van der Waals surface area contributed by atoms with Gasteiger partial charge in [-0.15, -0.1) is 11.3 Å². The van der Waals surface area contributed by atoms with Gasteiger partial charge in [-0.05, 0) is 41.8 Å². The van der Waals surface area contributed by atoms with Crippen LogP contribution in [0.4, 0.5) is 5.95 Å². The maximum Gasteiger partial charge on any atom is 0.226 e. The van der Waals surface area contributed by atoms with Crippen molar-refractivity contribution in [1.29, 1.82) is 0 Å². The number of aromatic nitrogens is 3. The zero-order valence-electron chi connectivity index (χ0n) is 14.5. The lowest BCUT2D eigenvalue weighted by Gasteiger charge is -2.44. The van der Waals surface area contributed by atoms with Gasteiger partial charge in [-0.3, -0.25) is 4.90 Å². The van der Waals surface area contributed by atoms with Crippen molar-refractivity contribution in [3.8, 4) is 21.8 Å². The van der Waals surface area contributed by atoms with Crippen LogP contribution in [0.15, 0.2) is 34.6 Å². The summed E-state index contributed by atoms with van der Waals surface area (Å²) in [5, 5.41) is 7.22. The summed E-state index contributed by atoms with van der Waals surface area (Å²) >= 11 is 3.33. The summed E-state index contributed by atoms with van der Waals surface area (Å²) in [6, 6.07) is 2.78. The summed E-state index contributed by atoms with van der Waals surface area (Å²) in [5.74, 6) is 0.847. The van der Waals surface area contributed by atoms with Crippen molar-refractivity contribution in [1.82, 2.24) is 19.9 Å². The predicted octanol–water partition coefficient (Wildman–Crippen LogP) is 4.00. The fourth-order valence-corrected chi connectivity index (χ4v) is 5.29. The van der Waals surface area contributed by atoms with Crippen molar-refractivity contribution in [2.24, 2.45) is 0 Å². The number of piperidine rings is 1. The maximum atomic E-state index is 4.98. The van der Waals surface area contributed by atoms with Crippen LogP contribution >= 0.6 is 22.7 Å². The predicted molar refractivity (Wildman–Crippen MR) is 108 cm³/mol. The maximum absolute atomic E-state index is 4.98. The van der Waals surface area contributed by atoms with Crippen LogP contribution in [-0.4, -0.2) is 52.1 Å². The number of anilines is 1. The molecule has 0 spiro atoms. The van der Waals surface area contributed by atoms with E-state index in [-0.39, 0.29) is 0 Å². The molecule has 2 fully saturated rings. The molecule has 0 radical (unpaired) electrons. The molecule has 26 heavy (non-hydrogen) atoms. The van der Waals surface area contributed by atoms with Gasteiger partial charge < -0.3 is 4.90 Å². The second-order valence-electron chi connectivity index (χ2n) is 6.91. The Morgan fingerprint density at radius 1 is 1.08 bits per heavy atom. The molecule has 3 aromatic heterocycles. The molecule has 0 amide bonds. The highest BCUT2D eigenvalue weighted by atomic mass is 32.1. The molecule has 1 atom stereocenters. The first-order chi connectivity index (χ1) is 12.9. The zero-order chi connectivity index (χ0) is 17.3. The average molecular weight is 384 g/mol. The third-order valence-corrected chi connectivity index (χ3v) is 6.83. The number of thiophene rings is 1. The first-order valence-corrected chi connectivity index (χ1v) is 11.0. The second-order valence-corrected chi connectivity index (χ2v) is 8.59. The molecule has 0 saturated carbocycles. The van der Waals surface area contributed by atoms with Crippen LogP contribution in [0.5, 0.6) is 0 Å². The molecule has 0 bridgehead atoms. The van der Waals surface area contributed by atoms with Crippen molar-refractivity contribution >= 4 is 28.6 Å². The van der Waals surface area contributed by atoms with Crippen molar-refractivity contribution in [3.05, 3.63) is 34.6 Å². The third kappa shape index (κ3) is 3.04. The standard InChI is InChI=1S/C19H21N5S2/c1-2-6-23-7-8-24(12-15(23)3-1)19-21-11-16(14-4-9-25-13-14)17(22-19)18-20-5-10-26-18/h4-5,9-11,13,15H,1-3,6-8,12H2. The lowest BCUT2D eigenvalue weighted by atomic mass is 10.00. The van der Waals surface area contributed by atoms with Crippen LogP contribution in [0.1, 0.15) is 19.3 Å². The Morgan fingerprint density at radius 2 is 2.08 bits per heavy atom. The summed E-state index contributed by atoms with van der Waals surface area (Å²) in [6.45, 7) is 4.41. The van der Waals surface area contributed by atoms with E-state index in [0.717, 1.165) is 41.8 Å². The second kappa shape index (κ2) is 7.06. The summed E-state index contributed by atoms with van der Waals surface area (Å²) in [7, 11) is 0. The highest BCUT2D eigenvalue weighted by Crippen LogP contribution is 2.34. The minimum atomic E-state index is 0.654. The summed E-state index contributed by atoms with van der Waals surface area (Å²) in [5.41, 5.74) is 3.19. The van der Waals surface area contributed by atoms with Crippen LogP contribution in [-0.2, 0) is 0 Å². The molecule has 5 heterocycles. The first-order valence-electron chi connectivity index (χ1n) is 9.17. The molecule has 3 aromatic rings. The van der Waals surface area contributed by atoms with Gasteiger partial charge in [0.1, 0.15) is 10.7 Å². The van der Waals surface area contributed by atoms with E-state index in [9.17, 15) is 0 Å². The normalized spacial score (nSPS) is 20.9. The molecule has 2 aliphatic rings. The van der Waals surface area contributed by atoms with Crippen LogP contribution in [0.2, 0.25) is 0 Å². The molecular weight excluding hydrogens is 362 g/mol. The van der Waals surface area contributed by atoms with E-state index >= 15 is 0 Å². The van der Waals surface area contributed by atoms with Gasteiger partial charge in [0.2, 0.25) is 5.95 Å². The molecule has 1 unspecified atom stereocenters. The summed E-state index contributed by atoms with van der Waals surface area (Å²) in [4.78, 5) is 19.2. The Morgan fingerprint density at radius 3 is 2.92 bits per heavy atom. The Labute approximate surface area is 161 Å². The number of rotatable bonds is 3. The molecule has 2 saturated heterocycles. The molecule has 2 aliphatic heterocycles. The van der Waals surface area contributed by atoms with E-state index < -0.39 is 0 Å². The van der Waals surface area contributed by atoms with Gasteiger partial charge >= 0.3 is 0 Å². The van der Waals surface area contributed by atoms with E-state index in [2.05, 4.69) is 31.6 Å². The molecular formula is C19H21N5S2. The largest absolute Gasteiger partial charge is 0.338 e. The number of fused-ring (bicyclic) bond motifs is 1. The monoisotopic (exact) mass is 383 g/mol. The Kier molecular flexibility index (Phi) is 4.44. The van der Waals surface area contributed by atoms with E-state index in [0.29, 0.717) is 6.04 Å². The first kappa shape index (κ1) is 16.4. The molecule has 0 aliphatic carbocycles. The fourth-order valence-electron chi connectivity index (χ4n) is 3.99. The number of nitrogens with zero attached hydrogens (tertiary/aromatic N) is 5. The van der Waals surface area contributed by atoms with Gasteiger partial charge in [0.15, 0.2) is 0 Å². The highest BCUT2D eigenvalue weighted by molar-refractivity contribution is 7.13. The van der Waals surface area contributed by atoms with Crippen LogP contribution in [0, 0.1) is 0 Å². The van der Waals surface area contributed by atoms with E-state index in [1.54, 1.807) is 22.7 Å². The topological polar surface area (TPSA) is 45.2 Å². The van der Waals surface area contributed by atoms with Crippen LogP contribution in [0.3, 0.4) is 0 Å². The van der Waals surface area contributed by atoms with Crippen molar-refractivity contribution in [2.75, 3.05) is 31.1 Å². The van der Waals surface area contributed by atoms with Crippen LogP contribution in [0.25, 0.3) is 21.8 Å². The number of hydrogen-bond donors (Lipinski definition) is 0. The minimum Gasteiger partial charge on any atom is -0.338 e. The molecule has 134 valence electrons. The van der Waals surface area contributed by atoms with Crippen molar-refractivity contribution in [3.63, 3.8) is 0 Å². The average Bonchev–Trinajstić information content (AvgIpc) is 3.41. The van der Waals surface area contributed by atoms with E-state index in [1.807, 2.05) is 17.8 Å². The lowest BCUT2D eigenvalue weighted by molar-refractivity contribution is 0.133. The van der Waals surface area contributed by atoms with Gasteiger partial charge in [0, 0.05) is 49.0 Å². The fraction of sp³-hybridized carbons (Fsp3) is 0.421. The Balaban J connectivity index is 1.49. The van der Waals surface area contributed by atoms with Crippen LogP contribution < -0.4 is 4.90 Å². The minimum absolute atomic E-state index is 0.654. The van der Waals surface area contributed by atoms with Gasteiger partial charge in [-0.2, -0.15) is 11.3 Å². The summed E-state index contributed by atoms with van der Waals surface area (Å²) in [6.07, 6.45) is 7.81. The molecule has 0 N–H and O–H groups in total. The van der Waals surface area contributed by atoms with Crippen molar-refractivity contribution in [2.45, 2.75) is 25.3 Å². The Bertz CT molecular complexity index is 862. The van der Waals surface area contributed by atoms with Crippen molar-refractivity contribution < 1.29 is 0 Å². The van der Waals surface area contributed by atoms with E-state index in [1.165, 1.54) is 31.4 Å². The smallest absolute Gasteiger partial charge is 0.226 e. The van der Waals surface area contributed by atoms with Gasteiger partial charge in [-0.1, -0.05) is 6.42 Å². The van der Waals surface area contributed by atoms with E-state index in [4.69, 9.17) is 9.97 Å². The van der Waals surface area contributed by atoms with Gasteiger partial charge in [0.05, 0.1) is 0 Å². The number of piperazine rings is 1. The van der Waals surface area contributed by atoms with Gasteiger partial charge in [-0.25, -0.2) is 15.0 Å². The highest BCUT2D eigenvalue weighted by Gasteiger charge is 2.30. The number of hydrogen-bond acceptors (Lipinski definition) is 7. The summed E-state index contributed by atoms with van der Waals surface area (Å²) < 4.78 is 0. The molecule has 7 heteroatoms. The molecule has 5 nitrogen and oxygen atoms in total. The SMILES string of the molecule is c1csc(-c2nc(N3CCN4CCCCC4C3)ncc2-c2ccsc2)n1. The molecule has 5 rings (SSSR count). The quantitative estimate of drug-likeness (QED) is 0.684. The Hall–Kier alpha value is -1.83. The van der Waals surface area contributed by atoms with Gasteiger partial charge in [0.25, 0.3) is 0 Å². The third-order valence-electron chi connectivity index (χ3n) is 5.36. The molecule has 0 aromatic carbocycles. The zero-order valence-corrected chi connectivity index (χ0v) is 16.2.